The summed E-state index contributed by atoms with van der Waals surface area (Å²) < 4.78 is 0. The highest BCUT2D eigenvalue weighted by molar-refractivity contribution is 5.80. The Morgan fingerprint density at radius 3 is 2.55 bits per heavy atom. The third kappa shape index (κ3) is 6.05. The Balaban J connectivity index is 1.64. The maximum Gasteiger partial charge on any atom is 0.227 e. The van der Waals surface area contributed by atoms with Gasteiger partial charge >= 0.3 is 0 Å². The Hall–Kier alpha value is -1.88. The summed E-state index contributed by atoms with van der Waals surface area (Å²) in [6.45, 7) is 12.6. The lowest BCUT2D eigenvalue weighted by molar-refractivity contribution is -0.138. The lowest BCUT2D eigenvalue weighted by Crippen LogP contribution is -2.53. The van der Waals surface area contributed by atoms with Crippen molar-refractivity contribution in [1.82, 2.24) is 15.5 Å². The van der Waals surface area contributed by atoms with Crippen LogP contribution in [0.3, 0.4) is 0 Å². The van der Waals surface area contributed by atoms with Crippen LogP contribution in [0.4, 0.5) is 0 Å². The van der Waals surface area contributed by atoms with Crippen molar-refractivity contribution in [3.05, 3.63) is 34.9 Å². The van der Waals surface area contributed by atoms with Crippen LogP contribution in [-0.2, 0) is 16.1 Å². The average Bonchev–Trinajstić information content (AvgIpc) is 3.46. The fraction of sp³-hybridized carbons (Fsp3) is 0.667. The number of benzene rings is 1. The summed E-state index contributed by atoms with van der Waals surface area (Å²) >= 11 is 0. The first-order chi connectivity index (χ1) is 13.6. The van der Waals surface area contributed by atoms with Crippen molar-refractivity contribution in [3.8, 4) is 0 Å². The van der Waals surface area contributed by atoms with Gasteiger partial charge in [0.2, 0.25) is 11.8 Å². The van der Waals surface area contributed by atoms with Crippen LogP contribution < -0.4 is 10.6 Å². The van der Waals surface area contributed by atoms with E-state index in [4.69, 9.17) is 0 Å². The Morgan fingerprint density at radius 2 is 1.90 bits per heavy atom. The van der Waals surface area contributed by atoms with Crippen molar-refractivity contribution >= 4 is 11.8 Å². The van der Waals surface area contributed by atoms with E-state index in [1.54, 1.807) is 0 Å². The van der Waals surface area contributed by atoms with Gasteiger partial charge in [0.15, 0.2) is 0 Å². The van der Waals surface area contributed by atoms with Crippen molar-refractivity contribution < 1.29 is 9.59 Å². The van der Waals surface area contributed by atoms with Crippen LogP contribution in [0.1, 0.15) is 63.1 Å². The fourth-order valence-corrected chi connectivity index (χ4v) is 4.17. The summed E-state index contributed by atoms with van der Waals surface area (Å²) in [4.78, 5) is 27.8. The first kappa shape index (κ1) is 21.8. The fourth-order valence-electron chi connectivity index (χ4n) is 4.17. The van der Waals surface area contributed by atoms with Gasteiger partial charge in [0, 0.05) is 38.1 Å². The van der Waals surface area contributed by atoms with Gasteiger partial charge in [-0.1, -0.05) is 39.0 Å². The summed E-state index contributed by atoms with van der Waals surface area (Å²) in [5, 5.41) is 6.51. The zero-order valence-corrected chi connectivity index (χ0v) is 18.7. The third-order valence-electron chi connectivity index (χ3n) is 6.08. The summed E-state index contributed by atoms with van der Waals surface area (Å²) in [5.74, 6) is 0.233. The third-order valence-corrected chi connectivity index (χ3v) is 6.08. The zero-order valence-electron chi connectivity index (χ0n) is 18.7. The molecule has 1 saturated heterocycles. The molecule has 0 bridgehead atoms. The topological polar surface area (TPSA) is 61.4 Å². The Labute approximate surface area is 175 Å². The first-order valence-corrected chi connectivity index (χ1v) is 11.0. The second kappa shape index (κ2) is 8.86. The maximum atomic E-state index is 13.4. The highest BCUT2D eigenvalue weighted by atomic mass is 16.2. The SMILES string of the molecule is Cc1cccc(CN(C(=O)[C@@H]2CNC[C@H](NC(=O)CC(C)(C)C)C2)C2CC2)c1C. The number of rotatable bonds is 6. The van der Waals surface area contributed by atoms with E-state index in [-0.39, 0.29) is 29.2 Å². The van der Waals surface area contributed by atoms with Crippen molar-refractivity contribution in [2.24, 2.45) is 11.3 Å². The Bertz CT molecular complexity index is 749. The van der Waals surface area contributed by atoms with Crippen LogP contribution in [0.5, 0.6) is 0 Å². The molecule has 0 unspecified atom stereocenters. The molecule has 2 N–H and O–H groups in total. The molecule has 0 aromatic heterocycles. The average molecular weight is 400 g/mol. The van der Waals surface area contributed by atoms with Gasteiger partial charge in [-0.25, -0.2) is 0 Å². The molecule has 1 aliphatic carbocycles. The number of amides is 2. The summed E-state index contributed by atoms with van der Waals surface area (Å²) in [6, 6.07) is 6.74. The number of hydrogen-bond acceptors (Lipinski definition) is 3. The molecule has 3 rings (SSSR count). The lowest BCUT2D eigenvalue weighted by Gasteiger charge is -2.34. The van der Waals surface area contributed by atoms with Crippen LogP contribution in [0.2, 0.25) is 0 Å². The molecule has 5 heteroatoms. The number of nitrogens with zero attached hydrogens (tertiary/aromatic N) is 1. The van der Waals surface area contributed by atoms with Gasteiger partial charge in [0.1, 0.15) is 0 Å². The van der Waals surface area contributed by atoms with Crippen molar-refractivity contribution in [2.75, 3.05) is 13.1 Å². The normalized spacial score (nSPS) is 22.2. The molecule has 1 aliphatic heterocycles. The van der Waals surface area contributed by atoms with E-state index in [9.17, 15) is 9.59 Å². The second-order valence-corrected chi connectivity index (χ2v) is 10.1. The smallest absolute Gasteiger partial charge is 0.227 e. The van der Waals surface area contributed by atoms with Gasteiger partial charge in [-0.05, 0) is 55.2 Å². The predicted molar refractivity (Wildman–Crippen MR) is 116 cm³/mol. The molecule has 1 saturated carbocycles. The van der Waals surface area contributed by atoms with Crippen LogP contribution in [0, 0.1) is 25.2 Å². The number of hydrogen-bond donors (Lipinski definition) is 2. The van der Waals surface area contributed by atoms with Crippen LogP contribution >= 0.6 is 0 Å². The van der Waals surface area contributed by atoms with Gasteiger partial charge in [0.05, 0.1) is 5.92 Å². The van der Waals surface area contributed by atoms with Crippen molar-refractivity contribution in [3.63, 3.8) is 0 Å². The quantitative estimate of drug-likeness (QED) is 0.771. The number of piperidine rings is 1. The minimum Gasteiger partial charge on any atom is -0.352 e. The van der Waals surface area contributed by atoms with Crippen molar-refractivity contribution in [1.29, 1.82) is 0 Å². The van der Waals surface area contributed by atoms with Gasteiger partial charge in [-0.3, -0.25) is 9.59 Å². The molecule has 2 aliphatic rings. The Morgan fingerprint density at radius 1 is 1.17 bits per heavy atom. The molecule has 2 atom stereocenters. The van der Waals surface area contributed by atoms with E-state index >= 15 is 0 Å². The number of carbonyl (C=O) groups excluding carboxylic acids is 2. The van der Waals surface area contributed by atoms with Gasteiger partial charge < -0.3 is 15.5 Å². The second-order valence-electron chi connectivity index (χ2n) is 10.1. The molecular weight excluding hydrogens is 362 g/mol. The molecule has 2 amide bonds. The molecule has 1 aromatic carbocycles. The molecule has 2 fully saturated rings. The van der Waals surface area contributed by atoms with E-state index in [1.165, 1.54) is 16.7 Å². The minimum atomic E-state index is -0.0746. The minimum absolute atomic E-state index is 0.0225. The van der Waals surface area contributed by atoms with Crippen LogP contribution in [0.25, 0.3) is 0 Å². The maximum absolute atomic E-state index is 13.4. The van der Waals surface area contributed by atoms with E-state index < -0.39 is 0 Å². The van der Waals surface area contributed by atoms with Gasteiger partial charge in [-0.15, -0.1) is 0 Å². The highest BCUT2D eigenvalue weighted by Gasteiger charge is 2.38. The molecular formula is C24H37N3O2. The number of nitrogens with one attached hydrogen (secondary N) is 2. The summed E-state index contributed by atoms with van der Waals surface area (Å²) in [7, 11) is 0. The first-order valence-electron chi connectivity index (χ1n) is 11.0. The van der Waals surface area contributed by atoms with E-state index in [0.717, 1.165) is 25.8 Å². The summed E-state index contributed by atoms with van der Waals surface area (Å²) in [5.41, 5.74) is 3.76. The molecule has 160 valence electrons. The van der Waals surface area contributed by atoms with Gasteiger partial charge in [-0.2, -0.15) is 0 Å². The van der Waals surface area contributed by atoms with Crippen LogP contribution in [-0.4, -0.2) is 41.9 Å². The monoisotopic (exact) mass is 399 g/mol. The molecule has 1 heterocycles. The molecule has 1 aromatic rings. The molecule has 0 radical (unpaired) electrons. The van der Waals surface area contributed by atoms with E-state index in [1.807, 2.05) is 0 Å². The standard InChI is InChI=1S/C24H37N3O2/c1-16-7-6-8-18(17(16)2)15-27(21-9-10-21)23(29)19-11-20(14-25-13-19)26-22(28)12-24(3,4)5/h6-8,19-21,25H,9-15H2,1-5H3,(H,26,28)/t19-,20+/m0/s1. The van der Waals surface area contributed by atoms with Crippen LogP contribution in [0.15, 0.2) is 18.2 Å². The molecule has 5 nitrogen and oxygen atoms in total. The molecule has 29 heavy (non-hydrogen) atoms. The predicted octanol–water partition coefficient (Wildman–Crippen LogP) is 3.32. The largest absolute Gasteiger partial charge is 0.352 e. The lowest BCUT2D eigenvalue weighted by atomic mass is 9.90. The highest BCUT2D eigenvalue weighted by Crippen LogP contribution is 2.31. The van der Waals surface area contributed by atoms with E-state index in [0.29, 0.717) is 25.6 Å². The van der Waals surface area contributed by atoms with Crippen molar-refractivity contribution in [2.45, 2.75) is 78.9 Å². The zero-order chi connectivity index (χ0) is 21.2. The number of carbonyl (C=O) groups is 2. The summed E-state index contributed by atoms with van der Waals surface area (Å²) in [6.07, 6.45) is 3.42. The number of aryl methyl sites for hydroxylation is 1. The molecule has 0 spiro atoms. The van der Waals surface area contributed by atoms with E-state index in [2.05, 4.69) is 68.4 Å². The Kier molecular flexibility index (Phi) is 6.67. The van der Waals surface area contributed by atoms with Gasteiger partial charge in [0.25, 0.3) is 0 Å².